The van der Waals surface area contributed by atoms with Gasteiger partial charge in [0.15, 0.2) is 0 Å². The van der Waals surface area contributed by atoms with Crippen LogP contribution in [0.2, 0.25) is 0 Å². The molecule has 0 amide bonds. The highest BCUT2D eigenvalue weighted by Gasteiger charge is 2.34. The smallest absolute Gasteiger partial charge is 0.307 e. The van der Waals surface area contributed by atoms with Crippen LogP contribution >= 0.6 is 0 Å². The molecule has 1 heterocycles. The van der Waals surface area contributed by atoms with Crippen LogP contribution in [0, 0.1) is 5.92 Å². The molecule has 0 N–H and O–H groups in total. The van der Waals surface area contributed by atoms with E-state index in [1.807, 2.05) is 6.92 Å². The van der Waals surface area contributed by atoms with Crippen molar-refractivity contribution >= 4 is 5.97 Å². The number of nitrogens with zero attached hydrogens (tertiary/aromatic N) is 1. The van der Waals surface area contributed by atoms with Crippen molar-refractivity contribution in [2.24, 2.45) is 5.92 Å². The van der Waals surface area contributed by atoms with Gasteiger partial charge in [0, 0.05) is 6.04 Å². The summed E-state index contributed by atoms with van der Waals surface area (Å²) in [4.78, 5) is 14.2. The van der Waals surface area contributed by atoms with Crippen LogP contribution in [0.1, 0.15) is 51.9 Å². The summed E-state index contributed by atoms with van der Waals surface area (Å²) in [6, 6.07) is 0.461. The van der Waals surface area contributed by atoms with E-state index in [4.69, 9.17) is 4.74 Å². The van der Waals surface area contributed by atoms with Crippen LogP contribution in [0.25, 0.3) is 0 Å². The number of carbonyl (C=O) groups is 1. The van der Waals surface area contributed by atoms with E-state index < -0.39 is 0 Å². The maximum Gasteiger partial charge on any atom is 0.307 e. The number of esters is 1. The second kappa shape index (κ2) is 6.39. The lowest BCUT2D eigenvalue weighted by Crippen LogP contribution is -2.46. The predicted octanol–water partition coefficient (Wildman–Crippen LogP) is 2.59. The lowest BCUT2D eigenvalue weighted by molar-refractivity contribution is -0.145. The Bertz CT molecular complexity index is 245. The first kappa shape index (κ1) is 12.9. The van der Waals surface area contributed by atoms with Gasteiger partial charge in [-0.15, -0.1) is 0 Å². The van der Waals surface area contributed by atoms with Crippen LogP contribution in [-0.2, 0) is 9.53 Å². The largest absolute Gasteiger partial charge is 0.466 e. The van der Waals surface area contributed by atoms with Gasteiger partial charge in [-0.1, -0.05) is 12.8 Å². The van der Waals surface area contributed by atoms with Crippen LogP contribution in [0.15, 0.2) is 0 Å². The van der Waals surface area contributed by atoms with Crippen molar-refractivity contribution in [2.75, 3.05) is 19.7 Å². The molecule has 0 spiro atoms. The van der Waals surface area contributed by atoms with Crippen molar-refractivity contribution in [3.8, 4) is 0 Å². The third-order valence-corrected chi connectivity index (χ3v) is 4.23. The molecule has 1 atom stereocenters. The van der Waals surface area contributed by atoms with Gasteiger partial charge in [0.1, 0.15) is 0 Å². The van der Waals surface area contributed by atoms with Gasteiger partial charge in [-0.2, -0.15) is 0 Å². The van der Waals surface area contributed by atoms with Crippen molar-refractivity contribution in [1.82, 2.24) is 4.90 Å². The molecule has 2 rings (SSSR count). The van der Waals surface area contributed by atoms with Crippen LogP contribution < -0.4 is 0 Å². The minimum Gasteiger partial charge on any atom is -0.466 e. The van der Waals surface area contributed by atoms with Crippen molar-refractivity contribution in [3.05, 3.63) is 0 Å². The SMILES string of the molecule is CCOC(=O)CC(C1CCC1)N1CCCCC1. The van der Waals surface area contributed by atoms with Crippen LogP contribution in [0.3, 0.4) is 0 Å². The summed E-state index contributed by atoms with van der Waals surface area (Å²) in [5, 5.41) is 0. The molecule has 3 heteroatoms. The minimum absolute atomic E-state index is 0.00465. The highest BCUT2D eigenvalue weighted by atomic mass is 16.5. The summed E-state index contributed by atoms with van der Waals surface area (Å²) in [5.74, 6) is 0.743. The number of ether oxygens (including phenoxy) is 1. The number of likely N-dealkylation sites (tertiary alicyclic amines) is 1. The predicted molar refractivity (Wildman–Crippen MR) is 67.8 cm³/mol. The zero-order valence-electron chi connectivity index (χ0n) is 11.0. The molecule has 98 valence electrons. The summed E-state index contributed by atoms with van der Waals surface area (Å²) < 4.78 is 5.12. The van der Waals surface area contributed by atoms with E-state index in [0.717, 1.165) is 5.92 Å². The topological polar surface area (TPSA) is 29.5 Å². The fourth-order valence-electron chi connectivity index (χ4n) is 3.06. The third-order valence-electron chi connectivity index (χ3n) is 4.23. The number of carbonyl (C=O) groups excluding carboxylic acids is 1. The molecule has 0 aromatic rings. The Morgan fingerprint density at radius 1 is 1.24 bits per heavy atom. The zero-order chi connectivity index (χ0) is 12.1. The molecule has 1 saturated carbocycles. The molecule has 1 aliphatic carbocycles. The van der Waals surface area contributed by atoms with Gasteiger partial charge in [-0.3, -0.25) is 9.69 Å². The first-order valence-corrected chi connectivity index (χ1v) is 7.21. The fraction of sp³-hybridized carbons (Fsp3) is 0.929. The Morgan fingerprint density at radius 3 is 2.47 bits per heavy atom. The van der Waals surface area contributed by atoms with Gasteiger partial charge in [0.2, 0.25) is 0 Å². The Morgan fingerprint density at radius 2 is 1.94 bits per heavy atom. The van der Waals surface area contributed by atoms with Gasteiger partial charge in [0.25, 0.3) is 0 Å². The van der Waals surface area contributed by atoms with Crippen molar-refractivity contribution < 1.29 is 9.53 Å². The molecule has 2 fully saturated rings. The summed E-state index contributed by atoms with van der Waals surface area (Å²) in [6.07, 6.45) is 8.52. The second-order valence-corrected chi connectivity index (χ2v) is 5.36. The van der Waals surface area contributed by atoms with Crippen LogP contribution in [-0.4, -0.2) is 36.6 Å². The Kier molecular flexibility index (Phi) is 4.84. The average molecular weight is 239 g/mol. The van der Waals surface area contributed by atoms with E-state index in [9.17, 15) is 4.79 Å². The van der Waals surface area contributed by atoms with E-state index >= 15 is 0 Å². The van der Waals surface area contributed by atoms with Crippen molar-refractivity contribution in [2.45, 2.75) is 57.9 Å². The van der Waals surface area contributed by atoms with Crippen LogP contribution in [0.4, 0.5) is 0 Å². The quantitative estimate of drug-likeness (QED) is 0.691. The van der Waals surface area contributed by atoms with Crippen molar-refractivity contribution in [3.63, 3.8) is 0 Å². The van der Waals surface area contributed by atoms with Crippen LogP contribution in [0.5, 0.6) is 0 Å². The molecule has 0 bridgehead atoms. The summed E-state index contributed by atoms with van der Waals surface area (Å²) in [5.41, 5.74) is 0. The second-order valence-electron chi connectivity index (χ2n) is 5.36. The number of hydrogen-bond donors (Lipinski definition) is 0. The highest BCUT2D eigenvalue weighted by molar-refractivity contribution is 5.70. The van der Waals surface area contributed by atoms with E-state index in [-0.39, 0.29) is 5.97 Å². The molecule has 0 aromatic carbocycles. The molecule has 1 saturated heterocycles. The van der Waals surface area contributed by atoms with Gasteiger partial charge in [-0.25, -0.2) is 0 Å². The number of hydrogen-bond acceptors (Lipinski definition) is 3. The van der Waals surface area contributed by atoms with E-state index in [1.54, 1.807) is 0 Å². The third kappa shape index (κ3) is 3.44. The Hall–Kier alpha value is -0.570. The summed E-state index contributed by atoms with van der Waals surface area (Å²) in [6.45, 7) is 4.76. The van der Waals surface area contributed by atoms with Crippen molar-refractivity contribution in [1.29, 1.82) is 0 Å². The van der Waals surface area contributed by atoms with Gasteiger partial charge in [-0.05, 0) is 51.6 Å². The van der Waals surface area contributed by atoms with Gasteiger partial charge >= 0.3 is 5.97 Å². The fourth-order valence-corrected chi connectivity index (χ4v) is 3.06. The molecular weight excluding hydrogens is 214 g/mol. The molecule has 0 aromatic heterocycles. The summed E-state index contributed by atoms with van der Waals surface area (Å²) >= 11 is 0. The standard InChI is InChI=1S/C14H25NO2/c1-2-17-14(16)11-13(12-7-6-8-12)15-9-4-3-5-10-15/h12-13H,2-11H2,1H3. The average Bonchev–Trinajstić information content (AvgIpc) is 2.27. The molecular formula is C14H25NO2. The zero-order valence-corrected chi connectivity index (χ0v) is 11.0. The molecule has 1 unspecified atom stereocenters. The normalized spacial score (nSPS) is 24.1. The molecule has 0 radical (unpaired) electrons. The maximum atomic E-state index is 11.7. The monoisotopic (exact) mass is 239 g/mol. The van der Waals surface area contributed by atoms with E-state index in [2.05, 4.69) is 4.90 Å². The molecule has 2 aliphatic rings. The number of piperidine rings is 1. The lowest BCUT2D eigenvalue weighted by atomic mass is 9.77. The highest BCUT2D eigenvalue weighted by Crippen LogP contribution is 2.35. The van der Waals surface area contributed by atoms with Gasteiger partial charge in [0.05, 0.1) is 13.0 Å². The summed E-state index contributed by atoms with van der Waals surface area (Å²) in [7, 11) is 0. The molecule has 17 heavy (non-hydrogen) atoms. The maximum absolute atomic E-state index is 11.7. The van der Waals surface area contributed by atoms with E-state index in [0.29, 0.717) is 19.1 Å². The lowest BCUT2D eigenvalue weighted by Gasteiger charge is -2.42. The minimum atomic E-state index is -0.00465. The molecule has 1 aliphatic heterocycles. The first-order chi connectivity index (χ1) is 8.31. The number of rotatable bonds is 5. The Labute approximate surface area is 105 Å². The Balaban J connectivity index is 1.89. The van der Waals surface area contributed by atoms with E-state index in [1.165, 1.54) is 51.6 Å². The van der Waals surface area contributed by atoms with Gasteiger partial charge < -0.3 is 4.74 Å². The first-order valence-electron chi connectivity index (χ1n) is 7.21. The molecule has 3 nitrogen and oxygen atoms in total.